The Morgan fingerprint density at radius 1 is 1.09 bits per heavy atom. The van der Waals surface area contributed by atoms with Crippen molar-refractivity contribution in [2.45, 2.75) is 51.2 Å². The molecule has 2 amide bonds. The summed E-state index contributed by atoms with van der Waals surface area (Å²) in [7, 11) is 0. The van der Waals surface area contributed by atoms with Crippen molar-refractivity contribution in [2.24, 2.45) is 0 Å². The molecule has 2 aliphatic rings. The fourth-order valence-corrected chi connectivity index (χ4v) is 3.61. The molecular formula is C18H27N3O. The van der Waals surface area contributed by atoms with Crippen LogP contribution in [0.4, 0.5) is 4.79 Å². The van der Waals surface area contributed by atoms with Gasteiger partial charge in [-0.2, -0.15) is 0 Å². The number of urea groups is 1. The summed E-state index contributed by atoms with van der Waals surface area (Å²) in [5.41, 5.74) is 1.12. The second kappa shape index (κ2) is 5.92. The molecule has 3 rings (SSSR count). The van der Waals surface area contributed by atoms with Crippen molar-refractivity contribution in [2.75, 3.05) is 19.6 Å². The van der Waals surface area contributed by atoms with Crippen LogP contribution >= 0.6 is 0 Å². The lowest BCUT2D eigenvalue weighted by Gasteiger charge is -2.36. The summed E-state index contributed by atoms with van der Waals surface area (Å²) in [4.78, 5) is 17.3. The first-order valence-electron chi connectivity index (χ1n) is 8.34. The second-order valence-corrected chi connectivity index (χ2v) is 7.38. The van der Waals surface area contributed by atoms with Crippen LogP contribution in [0.1, 0.15) is 45.2 Å². The van der Waals surface area contributed by atoms with Crippen LogP contribution in [0.2, 0.25) is 0 Å². The van der Waals surface area contributed by atoms with Crippen molar-refractivity contribution in [3.05, 3.63) is 35.9 Å². The standard InChI is InChI=1S/C18H27N3O/c1-18(2,3)20-13-16(14-7-5-4-6-8-14)21(17(20)22)15-9-11-19-12-10-15/h4-8,15-16,19H,9-13H2,1-3H3. The smallest absolute Gasteiger partial charge is 0.317 e. The molecule has 0 aromatic heterocycles. The monoisotopic (exact) mass is 301 g/mol. The lowest BCUT2D eigenvalue weighted by Crippen LogP contribution is -2.49. The summed E-state index contributed by atoms with van der Waals surface area (Å²) in [5.74, 6) is 0. The Morgan fingerprint density at radius 2 is 1.73 bits per heavy atom. The quantitative estimate of drug-likeness (QED) is 0.911. The average molecular weight is 301 g/mol. The number of nitrogens with one attached hydrogen (secondary N) is 1. The molecule has 0 bridgehead atoms. The minimum Gasteiger partial charge on any atom is -0.317 e. The van der Waals surface area contributed by atoms with Crippen molar-refractivity contribution in [3.63, 3.8) is 0 Å². The van der Waals surface area contributed by atoms with Gasteiger partial charge in [-0.3, -0.25) is 0 Å². The van der Waals surface area contributed by atoms with Crippen LogP contribution in [0.25, 0.3) is 0 Å². The number of benzene rings is 1. The van der Waals surface area contributed by atoms with Crippen molar-refractivity contribution in [1.82, 2.24) is 15.1 Å². The van der Waals surface area contributed by atoms with E-state index in [1.54, 1.807) is 0 Å². The van der Waals surface area contributed by atoms with E-state index in [2.05, 4.69) is 55.3 Å². The van der Waals surface area contributed by atoms with Crippen molar-refractivity contribution < 1.29 is 4.79 Å². The molecule has 2 saturated heterocycles. The number of carbonyl (C=O) groups is 1. The molecule has 2 fully saturated rings. The SMILES string of the molecule is CC(C)(C)N1CC(c2ccccc2)N(C2CCNCC2)C1=O. The minimum atomic E-state index is -0.133. The van der Waals surface area contributed by atoms with Crippen LogP contribution in [-0.4, -0.2) is 47.0 Å². The molecule has 0 radical (unpaired) electrons. The summed E-state index contributed by atoms with van der Waals surface area (Å²) in [6.45, 7) is 9.17. The van der Waals surface area contributed by atoms with Crippen LogP contribution in [0.3, 0.4) is 0 Å². The normalized spacial score (nSPS) is 24.1. The van der Waals surface area contributed by atoms with Gasteiger partial charge in [-0.05, 0) is 52.3 Å². The lowest BCUT2D eigenvalue weighted by molar-refractivity contribution is 0.134. The highest BCUT2D eigenvalue weighted by atomic mass is 16.2. The van der Waals surface area contributed by atoms with Crippen molar-refractivity contribution in [1.29, 1.82) is 0 Å². The van der Waals surface area contributed by atoms with E-state index in [0.717, 1.165) is 32.5 Å². The van der Waals surface area contributed by atoms with Crippen LogP contribution in [0.5, 0.6) is 0 Å². The number of carbonyl (C=O) groups excluding carboxylic acids is 1. The predicted octanol–water partition coefficient (Wildman–Crippen LogP) is 3.02. The van der Waals surface area contributed by atoms with E-state index in [0.29, 0.717) is 6.04 Å². The van der Waals surface area contributed by atoms with E-state index in [9.17, 15) is 4.79 Å². The molecule has 1 unspecified atom stereocenters. The topological polar surface area (TPSA) is 35.6 Å². The third-order valence-corrected chi connectivity index (χ3v) is 4.84. The highest BCUT2D eigenvalue weighted by Gasteiger charge is 2.45. The van der Waals surface area contributed by atoms with Gasteiger partial charge in [-0.25, -0.2) is 4.79 Å². The molecule has 0 saturated carbocycles. The highest BCUT2D eigenvalue weighted by Crippen LogP contribution is 2.36. The highest BCUT2D eigenvalue weighted by molar-refractivity contribution is 5.78. The van der Waals surface area contributed by atoms with E-state index < -0.39 is 0 Å². The molecule has 2 heterocycles. The largest absolute Gasteiger partial charge is 0.321 e. The van der Waals surface area contributed by atoms with Gasteiger partial charge in [0.25, 0.3) is 0 Å². The Balaban J connectivity index is 1.92. The van der Waals surface area contributed by atoms with Crippen molar-refractivity contribution >= 4 is 6.03 Å². The Bertz CT molecular complexity index is 517. The first-order valence-corrected chi connectivity index (χ1v) is 8.34. The zero-order valence-electron chi connectivity index (χ0n) is 13.9. The third-order valence-electron chi connectivity index (χ3n) is 4.84. The second-order valence-electron chi connectivity index (χ2n) is 7.38. The molecule has 1 N–H and O–H groups in total. The van der Waals surface area contributed by atoms with Crippen LogP contribution < -0.4 is 5.32 Å². The molecule has 0 spiro atoms. The Morgan fingerprint density at radius 3 is 2.32 bits per heavy atom. The van der Waals surface area contributed by atoms with Gasteiger partial charge in [-0.1, -0.05) is 30.3 Å². The molecule has 1 aromatic carbocycles. The molecule has 0 aliphatic carbocycles. The van der Waals surface area contributed by atoms with Crippen LogP contribution in [0, 0.1) is 0 Å². The number of hydrogen-bond acceptors (Lipinski definition) is 2. The van der Waals surface area contributed by atoms with Gasteiger partial charge in [0, 0.05) is 18.1 Å². The predicted molar refractivity (Wildman–Crippen MR) is 88.8 cm³/mol. The summed E-state index contributed by atoms with van der Waals surface area (Å²) < 4.78 is 0. The Hall–Kier alpha value is -1.55. The van der Waals surface area contributed by atoms with E-state index in [1.807, 2.05) is 11.0 Å². The lowest BCUT2D eigenvalue weighted by atomic mass is 10.00. The fraction of sp³-hybridized carbons (Fsp3) is 0.611. The minimum absolute atomic E-state index is 0.133. The van der Waals surface area contributed by atoms with E-state index >= 15 is 0 Å². The number of amides is 2. The summed E-state index contributed by atoms with van der Waals surface area (Å²) >= 11 is 0. The first kappa shape index (κ1) is 15.3. The number of hydrogen-bond donors (Lipinski definition) is 1. The Kier molecular flexibility index (Phi) is 4.13. The number of nitrogens with zero attached hydrogens (tertiary/aromatic N) is 2. The zero-order valence-corrected chi connectivity index (χ0v) is 13.9. The van der Waals surface area contributed by atoms with Gasteiger partial charge in [-0.15, -0.1) is 0 Å². The van der Waals surface area contributed by atoms with E-state index in [-0.39, 0.29) is 17.6 Å². The van der Waals surface area contributed by atoms with Gasteiger partial charge >= 0.3 is 6.03 Å². The summed E-state index contributed by atoms with van der Waals surface area (Å²) in [5, 5.41) is 3.40. The zero-order chi connectivity index (χ0) is 15.7. The molecule has 4 nitrogen and oxygen atoms in total. The maximum absolute atomic E-state index is 13.1. The third kappa shape index (κ3) is 2.84. The maximum Gasteiger partial charge on any atom is 0.321 e. The molecule has 1 aromatic rings. The number of piperidine rings is 1. The van der Waals surface area contributed by atoms with Crippen molar-refractivity contribution in [3.8, 4) is 0 Å². The molecule has 4 heteroatoms. The summed E-state index contributed by atoms with van der Waals surface area (Å²) in [6, 6.07) is 11.2. The first-order chi connectivity index (χ1) is 10.5. The average Bonchev–Trinajstić information content (AvgIpc) is 2.86. The van der Waals surface area contributed by atoms with Gasteiger partial charge in [0.2, 0.25) is 0 Å². The summed E-state index contributed by atoms with van der Waals surface area (Å²) in [6.07, 6.45) is 2.10. The maximum atomic E-state index is 13.1. The molecule has 2 aliphatic heterocycles. The van der Waals surface area contributed by atoms with Gasteiger partial charge in [0.1, 0.15) is 0 Å². The molecule has 1 atom stereocenters. The number of rotatable bonds is 2. The van der Waals surface area contributed by atoms with Crippen LogP contribution in [-0.2, 0) is 0 Å². The Labute approximate surface area is 133 Å². The fourth-order valence-electron chi connectivity index (χ4n) is 3.61. The van der Waals surface area contributed by atoms with Crippen LogP contribution in [0.15, 0.2) is 30.3 Å². The molecule has 120 valence electrons. The molecule has 22 heavy (non-hydrogen) atoms. The van der Waals surface area contributed by atoms with Gasteiger partial charge in [0.15, 0.2) is 0 Å². The van der Waals surface area contributed by atoms with Gasteiger partial charge < -0.3 is 15.1 Å². The van der Waals surface area contributed by atoms with E-state index in [1.165, 1.54) is 5.56 Å². The van der Waals surface area contributed by atoms with Gasteiger partial charge in [0.05, 0.1) is 6.04 Å². The van der Waals surface area contributed by atoms with E-state index in [4.69, 9.17) is 0 Å². The molecular weight excluding hydrogens is 274 g/mol.